The van der Waals surface area contributed by atoms with Crippen LogP contribution < -0.4 is 21.5 Å². The van der Waals surface area contributed by atoms with Gasteiger partial charge in [0.15, 0.2) is 0 Å². The van der Waals surface area contributed by atoms with Crippen molar-refractivity contribution in [2.24, 2.45) is 5.73 Å². The summed E-state index contributed by atoms with van der Waals surface area (Å²) in [5.41, 5.74) is 7.04. The molecule has 0 aliphatic carbocycles. The number of nitrogens with two attached hydrogens (primary N) is 1. The van der Waals surface area contributed by atoms with E-state index in [-0.39, 0.29) is 5.69 Å². The highest BCUT2D eigenvalue weighted by Crippen LogP contribution is 2.08. The van der Waals surface area contributed by atoms with Crippen LogP contribution in [-0.4, -0.2) is 18.1 Å². The number of methoxy groups -OCH3 is 1. The average Bonchev–Trinajstić information content (AvgIpc) is 2.55. The quantitative estimate of drug-likeness (QED) is 0.822. The van der Waals surface area contributed by atoms with E-state index in [9.17, 15) is 4.79 Å². The Hall–Kier alpha value is -3.08. The van der Waals surface area contributed by atoms with Crippen molar-refractivity contribution in [3.8, 4) is 0 Å². The summed E-state index contributed by atoms with van der Waals surface area (Å²) in [7, 11) is 1.31. The highest BCUT2D eigenvalue weighted by Gasteiger charge is 2.06. The second kappa shape index (κ2) is 7.08. The number of hydrogen-bond acceptors (Lipinski definition) is 5. The Morgan fingerprint density at radius 3 is 2.73 bits per heavy atom. The SMILES string of the molecule is C=C/C=c1/cccc/c1=C(/N)Nc1ccc(C(=O)OC)nc1. The Kier molecular flexibility index (Phi) is 4.93. The maximum atomic E-state index is 11.3. The number of pyridine rings is 1. The molecule has 1 heterocycles. The molecule has 1 aromatic heterocycles. The third-order valence-electron chi connectivity index (χ3n) is 2.99. The van der Waals surface area contributed by atoms with Crippen molar-refractivity contribution in [2.75, 3.05) is 12.4 Å². The monoisotopic (exact) mass is 295 g/mol. The molecule has 112 valence electrons. The third kappa shape index (κ3) is 3.52. The van der Waals surface area contributed by atoms with E-state index < -0.39 is 5.97 Å². The first kappa shape index (κ1) is 15.3. The van der Waals surface area contributed by atoms with Gasteiger partial charge in [0.1, 0.15) is 11.5 Å². The molecule has 0 aliphatic rings. The van der Waals surface area contributed by atoms with Gasteiger partial charge < -0.3 is 15.8 Å². The zero-order valence-electron chi connectivity index (χ0n) is 12.2. The zero-order valence-corrected chi connectivity index (χ0v) is 12.2. The van der Waals surface area contributed by atoms with Crippen LogP contribution in [0.15, 0.2) is 55.3 Å². The van der Waals surface area contributed by atoms with Crippen molar-refractivity contribution in [3.05, 3.63) is 71.4 Å². The van der Waals surface area contributed by atoms with Gasteiger partial charge in [0.05, 0.1) is 19.0 Å². The second-order valence-electron chi connectivity index (χ2n) is 4.45. The molecular formula is C17H17N3O2. The van der Waals surface area contributed by atoms with E-state index in [2.05, 4.69) is 21.6 Å². The lowest BCUT2D eigenvalue weighted by molar-refractivity contribution is 0.0594. The maximum absolute atomic E-state index is 11.3. The second-order valence-corrected chi connectivity index (χ2v) is 4.45. The van der Waals surface area contributed by atoms with Gasteiger partial charge >= 0.3 is 5.97 Å². The van der Waals surface area contributed by atoms with E-state index in [0.717, 1.165) is 10.4 Å². The van der Waals surface area contributed by atoms with Crippen molar-refractivity contribution in [1.82, 2.24) is 4.98 Å². The van der Waals surface area contributed by atoms with Gasteiger partial charge in [0.2, 0.25) is 0 Å². The largest absolute Gasteiger partial charge is 0.464 e. The standard InChI is InChI=1S/C17H17N3O2/c1-3-6-12-7-4-5-8-14(12)16(18)20-13-9-10-15(19-11-13)17(21)22-2/h3-11,20H,1,18H2,2H3/b12-6-,16-14+. The van der Waals surface area contributed by atoms with Gasteiger partial charge in [0.25, 0.3) is 0 Å². The van der Waals surface area contributed by atoms with Gasteiger partial charge in [-0.2, -0.15) is 0 Å². The molecule has 0 saturated carbocycles. The van der Waals surface area contributed by atoms with Crippen molar-refractivity contribution >= 4 is 23.6 Å². The van der Waals surface area contributed by atoms with Gasteiger partial charge in [-0.05, 0) is 17.4 Å². The first-order valence-corrected chi connectivity index (χ1v) is 6.64. The van der Waals surface area contributed by atoms with E-state index in [1.54, 1.807) is 18.2 Å². The molecule has 0 spiro atoms. The molecule has 0 amide bonds. The number of nitrogens with zero attached hydrogens (tertiary/aromatic N) is 1. The lowest BCUT2D eigenvalue weighted by Gasteiger charge is -2.07. The van der Waals surface area contributed by atoms with Gasteiger partial charge in [0, 0.05) is 5.22 Å². The number of nitrogens with one attached hydrogen (secondary N) is 1. The average molecular weight is 295 g/mol. The van der Waals surface area contributed by atoms with Crippen molar-refractivity contribution in [1.29, 1.82) is 0 Å². The van der Waals surface area contributed by atoms with Gasteiger partial charge in [-0.3, -0.25) is 0 Å². The number of anilines is 1. The fraction of sp³-hybridized carbons (Fsp3) is 0.0588. The summed E-state index contributed by atoms with van der Waals surface area (Å²) < 4.78 is 4.60. The van der Waals surface area contributed by atoms with Crippen LogP contribution in [0.25, 0.3) is 11.9 Å². The molecule has 0 saturated heterocycles. The summed E-state index contributed by atoms with van der Waals surface area (Å²) in [5, 5.41) is 4.89. The number of benzene rings is 1. The van der Waals surface area contributed by atoms with Crippen LogP contribution in [0.3, 0.4) is 0 Å². The van der Waals surface area contributed by atoms with E-state index >= 15 is 0 Å². The molecule has 2 aromatic rings. The van der Waals surface area contributed by atoms with Crippen LogP contribution in [-0.2, 0) is 4.74 Å². The highest BCUT2D eigenvalue weighted by atomic mass is 16.5. The van der Waals surface area contributed by atoms with Crippen LogP contribution in [0.2, 0.25) is 0 Å². The van der Waals surface area contributed by atoms with Gasteiger partial charge in [-0.25, -0.2) is 9.78 Å². The molecule has 5 heteroatoms. The van der Waals surface area contributed by atoms with Crippen LogP contribution in [0.4, 0.5) is 5.69 Å². The summed E-state index contributed by atoms with van der Waals surface area (Å²) >= 11 is 0. The summed E-state index contributed by atoms with van der Waals surface area (Å²) in [6.45, 7) is 3.69. The normalized spacial score (nSPS) is 12.5. The first-order valence-electron chi connectivity index (χ1n) is 6.64. The van der Waals surface area contributed by atoms with Gasteiger partial charge in [-0.1, -0.05) is 43.0 Å². The predicted molar refractivity (Wildman–Crippen MR) is 87.1 cm³/mol. The minimum absolute atomic E-state index is 0.243. The van der Waals surface area contributed by atoms with E-state index in [4.69, 9.17) is 5.73 Å². The molecule has 0 unspecified atom stereocenters. The summed E-state index contributed by atoms with van der Waals surface area (Å²) in [4.78, 5) is 15.4. The van der Waals surface area contributed by atoms with Crippen LogP contribution in [0.1, 0.15) is 10.5 Å². The highest BCUT2D eigenvalue weighted by molar-refractivity contribution is 5.87. The predicted octanol–water partition coefficient (Wildman–Crippen LogP) is 0.971. The molecule has 0 fully saturated rings. The Morgan fingerprint density at radius 1 is 1.32 bits per heavy atom. The molecule has 1 aromatic carbocycles. The Balaban J connectivity index is 2.35. The molecule has 2 rings (SSSR count). The Morgan fingerprint density at radius 2 is 2.09 bits per heavy atom. The molecule has 0 atom stereocenters. The number of allylic oxidation sites excluding steroid dienone is 1. The minimum Gasteiger partial charge on any atom is -0.464 e. The number of ether oxygens (including phenoxy) is 1. The summed E-state index contributed by atoms with van der Waals surface area (Å²) in [5.74, 6) is 0.00995. The lowest BCUT2D eigenvalue weighted by atomic mass is 10.2. The molecule has 0 aliphatic heterocycles. The number of carbonyl (C=O) groups excluding carboxylic acids is 1. The van der Waals surface area contributed by atoms with Crippen molar-refractivity contribution < 1.29 is 9.53 Å². The van der Waals surface area contributed by atoms with Gasteiger partial charge in [-0.15, -0.1) is 0 Å². The molecule has 5 nitrogen and oxygen atoms in total. The van der Waals surface area contributed by atoms with E-state index in [0.29, 0.717) is 11.5 Å². The molecule has 0 bridgehead atoms. The number of esters is 1. The first-order chi connectivity index (χ1) is 10.7. The fourth-order valence-electron chi connectivity index (χ4n) is 1.93. The molecule has 3 N–H and O–H groups in total. The van der Waals surface area contributed by atoms with E-state index in [1.165, 1.54) is 13.3 Å². The van der Waals surface area contributed by atoms with Crippen LogP contribution in [0.5, 0.6) is 0 Å². The zero-order chi connectivity index (χ0) is 15.9. The topological polar surface area (TPSA) is 77.2 Å². The van der Waals surface area contributed by atoms with Crippen molar-refractivity contribution in [2.45, 2.75) is 0 Å². The van der Waals surface area contributed by atoms with Crippen LogP contribution in [0, 0.1) is 0 Å². The fourth-order valence-corrected chi connectivity index (χ4v) is 1.93. The number of rotatable bonds is 4. The summed E-state index contributed by atoms with van der Waals surface area (Å²) in [6, 6.07) is 11.0. The Labute approximate surface area is 128 Å². The number of aromatic nitrogens is 1. The molecule has 0 radical (unpaired) electrons. The molecule has 22 heavy (non-hydrogen) atoms. The third-order valence-corrected chi connectivity index (χ3v) is 2.99. The smallest absolute Gasteiger partial charge is 0.356 e. The Bertz CT molecular complexity index is 795. The number of hydrogen-bond donors (Lipinski definition) is 2. The van der Waals surface area contributed by atoms with Crippen LogP contribution >= 0.6 is 0 Å². The molecular weight excluding hydrogens is 278 g/mol. The van der Waals surface area contributed by atoms with E-state index in [1.807, 2.05) is 30.3 Å². The number of carbonyl (C=O) groups is 1. The lowest BCUT2D eigenvalue weighted by Crippen LogP contribution is -2.32. The maximum Gasteiger partial charge on any atom is 0.356 e. The minimum atomic E-state index is -0.477. The summed E-state index contributed by atoms with van der Waals surface area (Å²) in [6.07, 6.45) is 5.11. The van der Waals surface area contributed by atoms with Crippen molar-refractivity contribution in [3.63, 3.8) is 0 Å².